The molecular formula is C9H24N2O4Si2. The molecule has 2 amide bonds. The second-order valence-electron chi connectivity index (χ2n) is 4.89. The second kappa shape index (κ2) is 7.11. The van der Waals surface area contributed by atoms with Crippen LogP contribution in [0.15, 0.2) is 0 Å². The van der Waals surface area contributed by atoms with Crippen LogP contribution in [0.25, 0.3) is 0 Å². The molecule has 0 saturated carbocycles. The average Bonchev–Trinajstić information content (AvgIpc) is 2.28. The molecule has 0 atom stereocenters. The second-order valence-corrected chi connectivity index (χ2v) is 13.3. The largest absolute Gasteiger partial charge is 0.520 e. The van der Waals surface area contributed by atoms with E-state index in [2.05, 4.69) is 30.3 Å². The number of rotatable bonds is 7. The van der Waals surface area contributed by atoms with Crippen molar-refractivity contribution < 1.29 is 18.1 Å². The average molecular weight is 280 g/mol. The van der Waals surface area contributed by atoms with Gasteiger partial charge in [-0.25, -0.2) is 4.79 Å². The molecule has 0 aliphatic rings. The van der Waals surface area contributed by atoms with Crippen molar-refractivity contribution in [2.24, 2.45) is 0 Å². The lowest BCUT2D eigenvalue weighted by Gasteiger charge is -2.25. The highest BCUT2D eigenvalue weighted by Gasteiger charge is 2.38. The van der Waals surface area contributed by atoms with Gasteiger partial charge >= 0.3 is 14.8 Å². The Morgan fingerprint density at radius 1 is 0.941 bits per heavy atom. The minimum absolute atomic E-state index is 0.213. The van der Waals surface area contributed by atoms with Gasteiger partial charge < -0.3 is 23.9 Å². The molecule has 0 aliphatic heterocycles. The van der Waals surface area contributed by atoms with Crippen molar-refractivity contribution in [1.29, 1.82) is 0 Å². The molecule has 0 aromatic heterocycles. The van der Waals surface area contributed by atoms with Gasteiger partial charge in [0.1, 0.15) is 0 Å². The SMILES string of the molecule is CO[Si](CNC(=O)NC[Si](C)(C)C)(OC)OC. The highest BCUT2D eigenvalue weighted by atomic mass is 28.4. The van der Waals surface area contributed by atoms with E-state index in [-0.39, 0.29) is 12.2 Å². The van der Waals surface area contributed by atoms with Gasteiger partial charge in [-0.1, -0.05) is 19.6 Å². The van der Waals surface area contributed by atoms with Crippen LogP contribution < -0.4 is 10.6 Å². The number of amides is 2. The Bertz CT molecular complexity index is 233. The molecule has 0 rings (SSSR count). The van der Waals surface area contributed by atoms with Crippen molar-refractivity contribution >= 4 is 22.9 Å². The minimum atomic E-state index is -2.72. The van der Waals surface area contributed by atoms with Gasteiger partial charge in [-0.2, -0.15) is 0 Å². The van der Waals surface area contributed by atoms with E-state index in [4.69, 9.17) is 13.3 Å². The van der Waals surface area contributed by atoms with E-state index >= 15 is 0 Å². The van der Waals surface area contributed by atoms with Gasteiger partial charge in [0, 0.05) is 27.5 Å². The number of nitrogens with one attached hydrogen (secondary N) is 2. The van der Waals surface area contributed by atoms with Crippen LogP contribution in [-0.2, 0) is 13.3 Å². The lowest BCUT2D eigenvalue weighted by Crippen LogP contribution is -2.55. The first-order valence-corrected chi connectivity index (χ1v) is 11.1. The predicted molar refractivity (Wildman–Crippen MR) is 71.5 cm³/mol. The summed E-state index contributed by atoms with van der Waals surface area (Å²) in [7, 11) is 0.554. The van der Waals surface area contributed by atoms with Gasteiger partial charge in [-0.15, -0.1) is 0 Å². The third kappa shape index (κ3) is 6.79. The Balaban J connectivity index is 4.06. The van der Waals surface area contributed by atoms with E-state index in [0.717, 1.165) is 6.17 Å². The summed E-state index contributed by atoms with van der Waals surface area (Å²) in [6.45, 7) is 6.56. The van der Waals surface area contributed by atoms with Crippen molar-refractivity contribution in [3.8, 4) is 0 Å². The number of carbonyl (C=O) groups excluding carboxylic acids is 1. The number of hydrogen-bond acceptors (Lipinski definition) is 4. The Kier molecular flexibility index (Phi) is 6.94. The van der Waals surface area contributed by atoms with Gasteiger partial charge in [0.15, 0.2) is 0 Å². The first-order chi connectivity index (χ1) is 7.78. The summed E-state index contributed by atoms with van der Waals surface area (Å²) < 4.78 is 15.6. The van der Waals surface area contributed by atoms with Crippen molar-refractivity contribution in [2.45, 2.75) is 19.6 Å². The Hall–Kier alpha value is -0.416. The first kappa shape index (κ1) is 16.6. The first-order valence-electron chi connectivity index (χ1n) is 5.46. The molecule has 17 heavy (non-hydrogen) atoms. The van der Waals surface area contributed by atoms with Crippen LogP contribution >= 0.6 is 0 Å². The monoisotopic (exact) mass is 280 g/mol. The molecule has 0 heterocycles. The molecule has 0 fully saturated rings. The highest BCUT2D eigenvalue weighted by molar-refractivity contribution is 6.76. The normalized spacial score (nSPS) is 12.4. The standard InChI is InChI=1S/C9H24N2O4Si2/c1-13-17(14-2,15-3)8-11-9(12)10-7-16(4,5)6/h7-8H2,1-6H3,(H2,10,11,12). The van der Waals surface area contributed by atoms with Crippen molar-refractivity contribution in [3.05, 3.63) is 0 Å². The zero-order valence-corrected chi connectivity index (χ0v) is 13.5. The Labute approximate surface area is 105 Å². The van der Waals surface area contributed by atoms with Crippen LogP contribution in [0.3, 0.4) is 0 Å². The smallest absolute Gasteiger partial charge is 0.376 e. The van der Waals surface area contributed by atoms with Gasteiger partial charge in [-0.05, 0) is 0 Å². The third-order valence-corrected chi connectivity index (χ3v) is 5.89. The summed E-state index contributed by atoms with van der Waals surface area (Å²) >= 11 is 0. The maximum absolute atomic E-state index is 11.5. The third-order valence-electron chi connectivity index (χ3n) is 2.18. The van der Waals surface area contributed by atoms with Crippen molar-refractivity contribution in [2.75, 3.05) is 33.7 Å². The van der Waals surface area contributed by atoms with Gasteiger partial charge in [0.05, 0.1) is 14.2 Å². The maximum atomic E-state index is 11.5. The fraction of sp³-hybridized carbons (Fsp3) is 0.889. The Morgan fingerprint density at radius 2 is 1.35 bits per heavy atom. The predicted octanol–water partition coefficient (Wildman–Crippen LogP) is 0.580. The zero-order chi connectivity index (χ0) is 13.5. The molecule has 0 spiro atoms. The molecule has 0 radical (unpaired) electrons. The van der Waals surface area contributed by atoms with Gasteiger partial charge in [0.25, 0.3) is 0 Å². The van der Waals surface area contributed by atoms with Crippen LogP contribution in [0.1, 0.15) is 0 Å². The number of carbonyl (C=O) groups is 1. The molecular weight excluding hydrogens is 256 g/mol. The van der Waals surface area contributed by atoms with Crippen LogP contribution in [-0.4, -0.2) is 56.6 Å². The summed E-state index contributed by atoms with van der Waals surface area (Å²) in [6.07, 6.45) is 0.994. The molecule has 0 aromatic rings. The molecule has 0 aliphatic carbocycles. The molecule has 6 nitrogen and oxygen atoms in total. The summed E-state index contributed by atoms with van der Waals surface area (Å²) in [5, 5.41) is 5.54. The molecule has 0 bridgehead atoms. The molecule has 0 aromatic carbocycles. The molecule has 2 N–H and O–H groups in total. The topological polar surface area (TPSA) is 68.8 Å². The van der Waals surface area contributed by atoms with Crippen LogP contribution in [0.2, 0.25) is 19.6 Å². The van der Waals surface area contributed by atoms with Gasteiger partial charge in [0.2, 0.25) is 0 Å². The fourth-order valence-corrected chi connectivity index (χ4v) is 3.06. The zero-order valence-electron chi connectivity index (χ0n) is 11.5. The fourth-order valence-electron chi connectivity index (χ4n) is 1.06. The summed E-state index contributed by atoms with van der Waals surface area (Å²) in [4.78, 5) is 11.5. The highest BCUT2D eigenvalue weighted by Crippen LogP contribution is 2.03. The minimum Gasteiger partial charge on any atom is -0.376 e. The Morgan fingerprint density at radius 3 is 1.71 bits per heavy atom. The van der Waals surface area contributed by atoms with E-state index in [9.17, 15) is 4.79 Å². The van der Waals surface area contributed by atoms with E-state index in [1.807, 2.05) is 0 Å². The molecule has 8 heteroatoms. The van der Waals surface area contributed by atoms with Crippen LogP contribution in [0.4, 0.5) is 4.79 Å². The van der Waals surface area contributed by atoms with E-state index in [0.29, 0.717) is 0 Å². The quantitative estimate of drug-likeness (QED) is 0.669. The number of hydrogen-bond donors (Lipinski definition) is 2. The summed E-state index contributed by atoms with van der Waals surface area (Å²) in [6, 6.07) is -0.213. The lowest BCUT2D eigenvalue weighted by molar-refractivity contribution is 0.122. The van der Waals surface area contributed by atoms with E-state index < -0.39 is 16.9 Å². The number of urea groups is 1. The molecule has 0 unspecified atom stereocenters. The van der Waals surface area contributed by atoms with E-state index in [1.54, 1.807) is 0 Å². The maximum Gasteiger partial charge on any atom is 0.520 e. The molecule has 0 saturated heterocycles. The summed E-state index contributed by atoms with van der Waals surface area (Å²) in [5.74, 6) is 0. The lowest BCUT2D eigenvalue weighted by atomic mass is 10.9. The van der Waals surface area contributed by atoms with E-state index in [1.165, 1.54) is 21.3 Å². The van der Waals surface area contributed by atoms with Crippen molar-refractivity contribution in [3.63, 3.8) is 0 Å². The molecule has 102 valence electrons. The summed E-state index contributed by atoms with van der Waals surface area (Å²) in [5.41, 5.74) is 0. The van der Waals surface area contributed by atoms with Crippen LogP contribution in [0.5, 0.6) is 0 Å². The van der Waals surface area contributed by atoms with Crippen LogP contribution in [0, 0.1) is 0 Å². The van der Waals surface area contributed by atoms with Gasteiger partial charge in [-0.3, -0.25) is 0 Å². The van der Waals surface area contributed by atoms with Crippen molar-refractivity contribution in [1.82, 2.24) is 10.6 Å².